The van der Waals surface area contributed by atoms with Gasteiger partial charge in [-0.25, -0.2) is 4.98 Å². The summed E-state index contributed by atoms with van der Waals surface area (Å²) in [5.74, 6) is -0.126. The molecule has 0 radical (unpaired) electrons. The summed E-state index contributed by atoms with van der Waals surface area (Å²) in [6.45, 7) is 5.08. The van der Waals surface area contributed by atoms with Crippen LogP contribution in [0.4, 0.5) is 5.13 Å². The fourth-order valence-electron chi connectivity index (χ4n) is 2.90. The molecule has 5 nitrogen and oxygen atoms in total. The molecular weight excluding hydrogens is 354 g/mol. The third-order valence-corrected chi connectivity index (χ3v) is 6.07. The summed E-state index contributed by atoms with van der Waals surface area (Å²) in [5.41, 5.74) is 1.01. The molecule has 0 spiro atoms. The third kappa shape index (κ3) is 5.45. The molecule has 1 aliphatic rings. The summed E-state index contributed by atoms with van der Waals surface area (Å²) in [6, 6.07) is 3.76. The maximum atomic E-state index is 12.1. The van der Waals surface area contributed by atoms with Crippen LogP contribution in [-0.4, -0.2) is 34.7 Å². The average Bonchev–Trinajstić information content (AvgIpc) is 3.23. The second-order valence-corrected chi connectivity index (χ2v) is 8.51. The monoisotopic (exact) mass is 377 g/mol. The molecule has 1 saturated heterocycles. The van der Waals surface area contributed by atoms with E-state index < -0.39 is 0 Å². The molecule has 1 N–H and O–H groups in total. The number of carbonyl (C=O) groups excluding carboxylic acids is 2. The maximum absolute atomic E-state index is 12.1. The second-order valence-electron chi connectivity index (χ2n) is 6.36. The van der Waals surface area contributed by atoms with E-state index in [-0.39, 0.29) is 24.5 Å². The van der Waals surface area contributed by atoms with E-state index in [4.69, 9.17) is 0 Å². The largest absolute Gasteiger partial charge is 0.302 e. The fraction of sp³-hybridized carbons (Fsp3) is 0.500. The number of thiophene rings is 1. The summed E-state index contributed by atoms with van der Waals surface area (Å²) < 4.78 is 0. The number of rotatable bonds is 7. The van der Waals surface area contributed by atoms with Gasteiger partial charge in [-0.05, 0) is 45.0 Å². The number of likely N-dealkylation sites (tertiary alicyclic amines) is 1. The van der Waals surface area contributed by atoms with Crippen LogP contribution >= 0.6 is 22.7 Å². The van der Waals surface area contributed by atoms with Crippen LogP contribution in [0, 0.1) is 6.92 Å². The van der Waals surface area contributed by atoms with E-state index in [0.717, 1.165) is 35.1 Å². The molecule has 0 unspecified atom stereocenters. The zero-order chi connectivity index (χ0) is 17.6. The van der Waals surface area contributed by atoms with E-state index in [2.05, 4.69) is 15.2 Å². The van der Waals surface area contributed by atoms with Crippen molar-refractivity contribution in [3.05, 3.63) is 33.0 Å². The summed E-state index contributed by atoms with van der Waals surface area (Å²) in [4.78, 5) is 32.8. The van der Waals surface area contributed by atoms with Crippen molar-refractivity contribution in [1.82, 2.24) is 9.88 Å². The number of carbonyl (C=O) groups is 2. The summed E-state index contributed by atoms with van der Waals surface area (Å²) in [5, 5.41) is 5.44. The molecule has 1 amide bonds. The molecule has 0 aromatic carbocycles. The summed E-state index contributed by atoms with van der Waals surface area (Å²) in [6.07, 6.45) is 4.25. The van der Waals surface area contributed by atoms with Crippen LogP contribution in [0.3, 0.4) is 0 Å². The number of piperidine rings is 1. The van der Waals surface area contributed by atoms with Crippen molar-refractivity contribution < 1.29 is 9.59 Å². The van der Waals surface area contributed by atoms with Crippen LogP contribution in [0.2, 0.25) is 0 Å². The number of Topliss-reactive ketones (excluding diaryl/α,β-unsaturated/α-hetero) is 1. The van der Waals surface area contributed by atoms with Crippen molar-refractivity contribution >= 4 is 39.5 Å². The molecule has 0 aliphatic carbocycles. The topological polar surface area (TPSA) is 62.3 Å². The number of amides is 1. The van der Waals surface area contributed by atoms with Crippen molar-refractivity contribution in [1.29, 1.82) is 0 Å². The van der Waals surface area contributed by atoms with E-state index in [9.17, 15) is 9.59 Å². The summed E-state index contributed by atoms with van der Waals surface area (Å²) in [7, 11) is 0. The van der Waals surface area contributed by atoms with E-state index in [0.29, 0.717) is 5.13 Å². The number of hydrogen-bond donors (Lipinski definition) is 1. The molecule has 2 aromatic rings. The number of ketones is 1. The van der Waals surface area contributed by atoms with Gasteiger partial charge < -0.3 is 5.32 Å². The van der Waals surface area contributed by atoms with Crippen molar-refractivity contribution in [3.63, 3.8) is 0 Å². The molecule has 134 valence electrons. The standard InChI is InChI=1S/C18H23N3O2S2/c1-13-5-7-16(25-13)15(22)6-8-17(23)20-18-19-14(12-24-18)11-21-9-3-2-4-10-21/h5,7,12H,2-4,6,8-11H2,1H3,(H,19,20,23). The predicted molar refractivity (Wildman–Crippen MR) is 102 cm³/mol. The first-order valence-electron chi connectivity index (χ1n) is 8.66. The molecule has 1 fully saturated rings. The number of hydrogen-bond acceptors (Lipinski definition) is 6. The van der Waals surface area contributed by atoms with Crippen LogP contribution in [0.5, 0.6) is 0 Å². The van der Waals surface area contributed by atoms with Gasteiger partial charge in [0, 0.05) is 29.6 Å². The Hall–Kier alpha value is -1.57. The lowest BCUT2D eigenvalue weighted by Gasteiger charge is -2.25. The quantitative estimate of drug-likeness (QED) is 0.738. The van der Waals surface area contributed by atoms with Gasteiger partial charge in [0.25, 0.3) is 0 Å². The minimum atomic E-state index is -0.152. The predicted octanol–water partition coefficient (Wildman–Crippen LogP) is 4.10. The zero-order valence-corrected chi connectivity index (χ0v) is 16.0. The Morgan fingerprint density at radius 3 is 2.72 bits per heavy atom. The molecule has 3 rings (SSSR count). The number of aryl methyl sites for hydroxylation is 1. The smallest absolute Gasteiger partial charge is 0.226 e. The lowest BCUT2D eigenvalue weighted by atomic mass is 10.1. The number of nitrogens with one attached hydrogen (secondary N) is 1. The van der Waals surface area contributed by atoms with Gasteiger partial charge in [0.2, 0.25) is 5.91 Å². The van der Waals surface area contributed by atoms with Crippen LogP contribution in [0.1, 0.15) is 52.3 Å². The van der Waals surface area contributed by atoms with Gasteiger partial charge in [-0.3, -0.25) is 14.5 Å². The fourth-order valence-corrected chi connectivity index (χ4v) is 4.45. The molecule has 0 bridgehead atoms. The summed E-state index contributed by atoms with van der Waals surface area (Å²) >= 11 is 2.92. The second kappa shape index (κ2) is 8.69. The number of thiazole rings is 1. The molecule has 7 heteroatoms. The highest BCUT2D eigenvalue weighted by molar-refractivity contribution is 7.14. The van der Waals surface area contributed by atoms with Gasteiger partial charge in [0.15, 0.2) is 10.9 Å². The van der Waals surface area contributed by atoms with Gasteiger partial charge in [-0.1, -0.05) is 6.42 Å². The number of anilines is 1. The number of nitrogens with zero attached hydrogens (tertiary/aromatic N) is 2. The third-order valence-electron chi connectivity index (χ3n) is 4.23. The Kier molecular flexibility index (Phi) is 6.34. The van der Waals surface area contributed by atoms with E-state index in [1.807, 2.05) is 24.4 Å². The van der Waals surface area contributed by atoms with Gasteiger partial charge in [0.05, 0.1) is 10.6 Å². The van der Waals surface area contributed by atoms with Crippen molar-refractivity contribution in [2.75, 3.05) is 18.4 Å². The van der Waals surface area contributed by atoms with Crippen molar-refractivity contribution in [2.45, 2.75) is 45.6 Å². The molecule has 0 atom stereocenters. The normalized spacial score (nSPS) is 15.2. The Bertz CT molecular complexity index is 732. The zero-order valence-electron chi connectivity index (χ0n) is 14.4. The van der Waals surface area contributed by atoms with Crippen LogP contribution < -0.4 is 5.32 Å². The minimum Gasteiger partial charge on any atom is -0.302 e. The molecule has 3 heterocycles. The van der Waals surface area contributed by atoms with Crippen molar-refractivity contribution in [2.24, 2.45) is 0 Å². The molecule has 25 heavy (non-hydrogen) atoms. The molecule has 0 saturated carbocycles. The number of aromatic nitrogens is 1. The van der Waals surface area contributed by atoms with E-state index in [1.54, 1.807) is 0 Å². The van der Waals surface area contributed by atoms with E-state index >= 15 is 0 Å². The lowest BCUT2D eigenvalue weighted by Crippen LogP contribution is -2.29. The highest BCUT2D eigenvalue weighted by Gasteiger charge is 2.14. The van der Waals surface area contributed by atoms with Crippen LogP contribution in [0.15, 0.2) is 17.5 Å². The Morgan fingerprint density at radius 1 is 1.20 bits per heavy atom. The first-order chi connectivity index (χ1) is 12.1. The minimum absolute atomic E-state index is 0.0261. The highest BCUT2D eigenvalue weighted by atomic mass is 32.1. The Labute approximate surface area is 156 Å². The van der Waals surface area contributed by atoms with Gasteiger partial charge in [0.1, 0.15) is 0 Å². The van der Waals surface area contributed by atoms with Gasteiger partial charge in [-0.15, -0.1) is 22.7 Å². The van der Waals surface area contributed by atoms with Gasteiger partial charge in [-0.2, -0.15) is 0 Å². The highest BCUT2D eigenvalue weighted by Crippen LogP contribution is 2.20. The average molecular weight is 378 g/mol. The first-order valence-corrected chi connectivity index (χ1v) is 10.4. The molecular formula is C18H23N3O2S2. The van der Waals surface area contributed by atoms with Crippen LogP contribution in [-0.2, 0) is 11.3 Å². The lowest BCUT2D eigenvalue weighted by molar-refractivity contribution is -0.116. The maximum Gasteiger partial charge on any atom is 0.226 e. The van der Waals surface area contributed by atoms with E-state index in [1.165, 1.54) is 41.9 Å². The Balaban J connectivity index is 1.44. The molecule has 2 aromatic heterocycles. The first kappa shape index (κ1) is 18.2. The van der Waals surface area contributed by atoms with Crippen molar-refractivity contribution in [3.8, 4) is 0 Å². The van der Waals surface area contributed by atoms with Gasteiger partial charge >= 0.3 is 0 Å². The Morgan fingerprint density at radius 2 is 2.00 bits per heavy atom. The molecule has 1 aliphatic heterocycles. The van der Waals surface area contributed by atoms with Crippen LogP contribution in [0.25, 0.3) is 0 Å². The SMILES string of the molecule is Cc1ccc(C(=O)CCC(=O)Nc2nc(CN3CCCCC3)cs2)s1.